The van der Waals surface area contributed by atoms with Gasteiger partial charge in [0.05, 0.1) is 25.6 Å². The third kappa shape index (κ3) is 2.88. The number of halogens is 1. The van der Waals surface area contributed by atoms with Gasteiger partial charge in [0.2, 0.25) is 0 Å². The maximum atomic E-state index is 13.1. The summed E-state index contributed by atoms with van der Waals surface area (Å²) < 4.78 is 23.4. The molecule has 0 heterocycles. The minimum absolute atomic E-state index is 0.350. The van der Waals surface area contributed by atoms with Crippen LogP contribution in [0.4, 0.5) is 21.5 Å². The summed E-state index contributed by atoms with van der Waals surface area (Å²) in [6.45, 7) is 0. The number of anilines is 3. The number of methoxy groups -OCH3 is 2. The first-order valence-corrected chi connectivity index (χ1v) is 5.68. The fraction of sp³-hybridized carbons (Fsp3) is 0.143. The van der Waals surface area contributed by atoms with Crippen molar-refractivity contribution in [2.24, 2.45) is 0 Å². The SMILES string of the molecule is COc1cc(Nc2ccc(F)cc2OC)ccc1N. The average molecular weight is 262 g/mol. The molecule has 0 aliphatic carbocycles. The van der Waals surface area contributed by atoms with E-state index < -0.39 is 0 Å². The molecule has 0 saturated carbocycles. The van der Waals surface area contributed by atoms with Crippen molar-refractivity contribution in [3.8, 4) is 11.5 Å². The molecule has 0 saturated heterocycles. The second kappa shape index (κ2) is 5.48. The Morgan fingerprint density at radius 2 is 1.74 bits per heavy atom. The standard InChI is InChI=1S/C14H15FN2O2/c1-18-13-8-10(4-5-11(13)16)17-12-6-3-9(15)7-14(12)19-2/h3-8,17H,16H2,1-2H3. The number of nitrogens with one attached hydrogen (secondary N) is 1. The first-order valence-electron chi connectivity index (χ1n) is 5.68. The molecule has 19 heavy (non-hydrogen) atoms. The molecule has 5 heteroatoms. The first-order chi connectivity index (χ1) is 9.13. The molecule has 0 aliphatic heterocycles. The minimum atomic E-state index is -0.350. The predicted molar refractivity (Wildman–Crippen MR) is 73.6 cm³/mol. The molecule has 0 aromatic heterocycles. The molecule has 0 atom stereocenters. The zero-order valence-electron chi connectivity index (χ0n) is 10.7. The number of benzene rings is 2. The monoisotopic (exact) mass is 262 g/mol. The van der Waals surface area contributed by atoms with Gasteiger partial charge in [-0.05, 0) is 24.3 Å². The lowest BCUT2D eigenvalue weighted by Gasteiger charge is -2.13. The largest absolute Gasteiger partial charge is 0.495 e. The summed E-state index contributed by atoms with van der Waals surface area (Å²) in [6, 6.07) is 9.59. The number of ether oxygens (including phenoxy) is 2. The smallest absolute Gasteiger partial charge is 0.145 e. The lowest BCUT2D eigenvalue weighted by molar-refractivity contribution is 0.413. The van der Waals surface area contributed by atoms with Gasteiger partial charge in [-0.15, -0.1) is 0 Å². The molecule has 2 aromatic carbocycles. The quantitative estimate of drug-likeness (QED) is 0.831. The highest BCUT2D eigenvalue weighted by Crippen LogP contribution is 2.31. The van der Waals surface area contributed by atoms with Crippen LogP contribution in [0.3, 0.4) is 0 Å². The fourth-order valence-electron chi connectivity index (χ4n) is 1.71. The molecule has 0 spiro atoms. The Kier molecular flexibility index (Phi) is 3.75. The number of nitrogens with two attached hydrogens (primary N) is 1. The van der Waals surface area contributed by atoms with Crippen molar-refractivity contribution < 1.29 is 13.9 Å². The Morgan fingerprint density at radius 3 is 2.42 bits per heavy atom. The Labute approximate surface area is 111 Å². The Hall–Kier alpha value is -2.43. The molecule has 0 radical (unpaired) electrons. The fourth-order valence-corrected chi connectivity index (χ4v) is 1.71. The van der Waals surface area contributed by atoms with E-state index in [9.17, 15) is 4.39 Å². The zero-order chi connectivity index (χ0) is 13.8. The molecule has 0 amide bonds. The van der Waals surface area contributed by atoms with Gasteiger partial charge in [-0.1, -0.05) is 0 Å². The summed E-state index contributed by atoms with van der Waals surface area (Å²) in [6.07, 6.45) is 0. The minimum Gasteiger partial charge on any atom is -0.495 e. The van der Waals surface area contributed by atoms with E-state index in [1.165, 1.54) is 19.2 Å². The van der Waals surface area contributed by atoms with E-state index >= 15 is 0 Å². The molecule has 0 aliphatic rings. The molecule has 0 bridgehead atoms. The zero-order valence-corrected chi connectivity index (χ0v) is 10.7. The Morgan fingerprint density at radius 1 is 1.00 bits per heavy atom. The van der Waals surface area contributed by atoms with Crippen LogP contribution in [-0.4, -0.2) is 14.2 Å². The molecule has 3 N–H and O–H groups in total. The van der Waals surface area contributed by atoms with E-state index in [-0.39, 0.29) is 5.82 Å². The highest BCUT2D eigenvalue weighted by atomic mass is 19.1. The summed E-state index contributed by atoms with van der Waals surface area (Å²) >= 11 is 0. The van der Waals surface area contributed by atoms with Crippen LogP contribution in [0.1, 0.15) is 0 Å². The van der Waals surface area contributed by atoms with E-state index in [2.05, 4.69) is 5.32 Å². The van der Waals surface area contributed by atoms with Crippen LogP contribution < -0.4 is 20.5 Å². The van der Waals surface area contributed by atoms with Gasteiger partial charge in [0.1, 0.15) is 17.3 Å². The summed E-state index contributed by atoms with van der Waals surface area (Å²) in [7, 11) is 3.04. The van der Waals surface area contributed by atoms with Crippen LogP contribution in [0, 0.1) is 5.82 Å². The van der Waals surface area contributed by atoms with Gasteiger partial charge in [-0.3, -0.25) is 0 Å². The molecule has 0 unspecified atom stereocenters. The highest BCUT2D eigenvalue weighted by Gasteiger charge is 2.06. The van der Waals surface area contributed by atoms with Crippen LogP contribution in [-0.2, 0) is 0 Å². The van der Waals surface area contributed by atoms with Gasteiger partial charge in [-0.25, -0.2) is 4.39 Å². The van der Waals surface area contributed by atoms with Gasteiger partial charge in [0.25, 0.3) is 0 Å². The van der Waals surface area contributed by atoms with Gasteiger partial charge in [0, 0.05) is 17.8 Å². The van der Waals surface area contributed by atoms with Crippen LogP contribution >= 0.6 is 0 Å². The second-order valence-electron chi connectivity index (χ2n) is 3.93. The summed E-state index contributed by atoms with van der Waals surface area (Å²) in [4.78, 5) is 0. The van der Waals surface area contributed by atoms with E-state index in [4.69, 9.17) is 15.2 Å². The van der Waals surface area contributed by atoms with E-state index in [0.717, 1.165) is 5.69 Å². The van der Waals surface area contributed by atoms with Crippen molar-refractivity contribution in [2.75, 3.05) is 25.3 Å². The van der Waals surface area contributed by atoms with Gasteiger partial charge in [0.15, 0.2) is 0 Å². The molecule has 0 fully saturated rings. The number of rotatable bonds is 4. The number of hydrogen-bond acceptors (Lipinski definition) is 4. The summed E-state index contributed by atoms with van der Waals surface area (Å²) in [5, 5.41) is 3.13. The van der Waals surface area contributed by atoms with E-state index in [1.54, 1.807) is 31.4 Å². The van der Waals surface area contributed by atoms with Gasteiger partial charge >= 0.3 is 0 Å². The Balaban J connectivity index is 2.30. The second-order valence-corrected chi connectivity index (χ2v) is 3.93. The lowest BCUT2D eigenvalue weighted by atomic mass is 10.2. The third-order valence-corrected chi connectivity index (χ3v) is 2.68. The van der Waals surface area contributed by atoms with Crippen molar-refractivity contribution in [1.82, 2.24) is 0 Å². The average Bonchev–Trinajstić information content (AvgIpc) is 2.42. The summed E-state index contributed by atoms with van der Waals surface area (Å²) in [5.41, 5.74) is 7.73. The van der Waals surface area contributed by atoms with Crippen LogP contribution in [0.2, 0.25) is 0 Å². The molecule has 2 aromatic rings. The van der Waals surface area contributed by atoms with Crippen molar-refractivity contribution in [2.45, 2.75) is 0 Å². The van der Waals surface area contributed by atoms with Crippen molar-refractivity contribution in [3.05, 3.63) is 42.2 Å². The molecular weight excluding hydrogens is 247 g/mol. The van der Waals surface area contributed by atoms with E-state index in [1.807, 2.05) is 0 Å². The molecule has 4 nitrogen and oxygen atoms in total. The highest BCUT2D eigenvalue weighted by molar-refractivity contribution is 5.70. The number of hydrogen-bond donors (Lipinski definition) is 2. The van der Waals surface area contributed by atoms with Crippen LogP contribution in [0.15, 0.2) is 36.4 Å². The van der Waals surface area contributed by atoms with Gasteiger partial charge in [-0.2, -0.15) is 0 Å². The third-order valence-electron chi connectivity index (χ3n) is 2.68. The summed E-state index contributed by atoms with van der Waals surface area (Å²) in [5.74, 6) is 0.652. The maximum absolute atomic E-state index is 13.1. The van der Waals surface area contributed by atoms with Crippen molar-refractivity contribution in [3.63, 3.8) is 0 Å². The van der Waals surface area contributed by atoms with Crippen molar-refractivity contribution in [1.29, 1.82) is 0 Å². The van der Waals surface area contributed by atoms with Crippen LogP contribution in [0.25, 0.3) is 0 Å². The predicted octanol–water partition coefficient (Wildman–Crippen LogP) is 3.17. The van der Waals surface area contributed by atoms with Crippen LogP contribution in [0.5, 0.6) is 11.5 Å². The molecular formula is C14H15FN2O2. The number of nitrogen functional groups attached to an aromatic ring is 1. The van der Waals surface area contributed by atoms with Crippen molar-refractivity contribution >= 4 is 17.1 Å². The topological polar surface area (TPSA) is 56.5 Å². The maximum Gasteiger partial charge on any atom is 0.145 e. The molecule has 100 valence electrons. The Bertz CT molecular complexity index is 588. The van der Waals surface area contributed by atoms with Gasteiger partial charge < -0.3 is 20.5 Å². The normalized spacial score (nSPS) is 10.1. The lowest BCUT2D eigenvalue weighted by Crippen LogP contribution is -1.97. The molecule has 2 rings (SSSR count). The first kappa shape index (κ1) is 13.0. The van der Waals surface area contributed by atoms with E-state index in [0.29, 0.717) is 22.9 Å².